The van der Waals surface area contributed by atoms with Crippen molar-refractivity contribution in [1.82, 2.24) is 9.88 Å². The van der Waals surface area contributed by atoms with E-state index in [1.54, 1.807) is 25.1 Å². The number of esters is 1. The molecule has 0 spiro atoms. The summed E-state index contributed by atoms with van der Waals surface area (Å²) in [5, 5.41) is 0.523. The van der Waals surface area contributed by atoms with Gasteiger partial charge in [-0.1, -0.05) is 0 Å². The van der Waals surface area contributed by atoms with Crippen LogP contribution in [0.3, 0.4) is 0 Å². The second kappa shape index (κ2) is 7.15. The second-order valence-corrected chi connectivity index (χ2v) is 5.93. The van der Waals surface area contributed by atoms with Gasteiger partial charge in [0.25, 0.3) is 0 Å². The standard InChI is InChI=1S/C18H22N2O4/c1-3-24-18(22)13-4-5-16-14(10-13)17(21)15(12(2)19-16)11-20-6-8-23-9-7-20/h4-5,10H,3,6-9,11H2,1-2H3,(H,19,21). The number of aromatic amines is 1. The van der Waals surface area contributed by atoms with Crippen molar-refractivity contribution in [2.45, 2.75) is 20.4 Å². The number of carbonyl (C=O) groups excluding carboxylic acids is 1. The van der Waals surface area contributed by atoms with E-state index < -0.39 is 5.97 Å². The van der Waals surface area contributed by atoms with Gasteiger partial charge < -0.3 is 14.5 Å². The normalized spacial score (nSPS) is 15.6. The predicted octanol–water partition coefficient (Wildman–Crippen LogP) is 1.85. The van der Waals surface area contributed by atoms with Gasteiger partial charge in [-0.2, -0.15) is 0 Å². The predicted molar refractivity (Wildman–Crippen MR) is 91.4 cm³/mol. The highest BCUT2D eigenvalue weighted by molar-refractivity contribution is 5.94. The number of hydrogen-bond donors (Lipinski definition) is 1. The van der Waals surface area contributed by atoms with E-state index in [4.69, 9.17) is 9.47 Å². The van der Waals surface area contributed by atoms with Crippen molar-refractivity contribution in [3.8, 4) is 0 Å². The lowest BCUT2D eigenvalue weighted by Crippen LogP contribution is -2.37. The average molecular weight is 330 g/mol. The summed E-state index contributed by atoms with van der Waals surface area (Å²) in [6, 6.07) is 5.06. The lowest BCUT2D eigenvalue weighted by Gasteiger charge is -2.26. The molecule has 0 atom stereocenters. The molecule has 0 amide bonds. The maximum absolute atomic E-state index is 12.9. The van der Waals surface area contributed by atoms with Crippen LogP contribution in [-0.4, -0.2) is 48.8 Å². The number of aromatic nitrogens is 1. The zero-order valence-electron chi connectivity index (χ0n) is 14.1. The van der Waals surface area contributed by atoms with Gasteiger partial charge in [0.15, 0.2) is 5.43 Å². The highest BCUT2D eigenvalue weighted by atomic mass is 16.5. The monoisotopic (exact) mass is 330 g/mol. The van der Waals surface area contributed by atoms with Crippen molar-refractivity contribution < 1.29 is 14.3 Å². The summed E-state index contributed by atoms with van der Waals surface area (Å²) in [7, 11) is 0. The number of aryl methyl sites for hydroxylation is 1. The van der Waals surface area contributed by atoms with E-state index in [1.165, 1.54) is 0 Å². The van der Waals surface area contributed by atoms with Gasteiger partial charge in [-0.05, 0) is 32.0 Å². The molecule has 2 aromatic rings. The number of fused-ring (bicyclic) bond motifs is 1. The van der Waals surface area contributed by atoms with Gasteiger partial charge >= 0.3 is 5.97 Å². The van der Waals surface area contributed by atoms with Gasteiger partial charge in [-0.25, -0.2) is 4.79 Å². The highest BCUT2D eigenvalue weighted by Crippen LogP contribution is 2.16. The summed E-state index contributed by atoms with van der Waals surface area (Å²) in [5.74, 6) is -0.408. The molecule has 1 aromatic carbocycles. The molecule has 1 aliphatic heterocycles. The lowest BCUT2D eigenvalue weighted by atomic mass is 10.1. The number of hydrogen-bond acceptors (Lipinski definition) is 5. The molecule has 1 fully saturated rings. The number of pyridine rings is 1. The van der Waals surface area contributed by atoms with Crippen LogP contribution in [0, 0.1) is 6.92 Å². The maximum atomic E-state index is 12.9. The first kappa shape index (κ1) is 16.7. The maximum Gasteiger partial charge on any atom is 0.338 e. The van der Waals surface area contributed by atoms with Crippen LogP contribution in [0.5, 0.6) is 0 Å². The van der Waals surface area contributed by atoms with Crippen molar-refractivity contribution in [2.75, 3.05) is 32.9 Å². The van der Waals surface area contributed by atoms with Crippen molar-refractivity contribution in [3.05, 3.63) is 45.2 Å². The van der Waals surface area contributed by atoms with E-state index in [-0.39, 0.29) is 5.43 Å². The van der Waals surface area contributed by atoms with Crippen LogP contribution in [-0.2, 0) is 16.0 Å². The molecule has 0 unspecified atom stereocenters. The number of morpholine rings is 1. The molecule has 1 saturated heterocycles. The molecule has 0 radical (unpaired) electrons. The summed E-state index contributed by atoms with van der Waals surface area (Å²) in [6.07, 6.45) is 0. The molecule has 0 aliphatic carbocycles. The van der Waals surface area contributed by atoms with E-state index in [9.17, 15) is 9.59 Å². The number of carbonyl (C=O) groups is 1. The first-order chi connectivity index (χ1) is 11.6. The van der Waals surface area contributed by atoms with Crippen LogP contribution in [0.15, 0.2) is 23.0 Å². The van der Waals surface area contributed by atoms with Gasteiger partial charge in [0, 0.05) is 41.8 Å². The highest BCUT2D eigenvalue weighted by Gasteiger charge is 2.17. The fourth-order valence-electron chi connectivity index (χ4n) is 2.97. The van der Waals surface area contributed by atoms with Crippen molar-refractivity contribution >= 4 is 16.9 Å². The summed E-state index contributed by atoms with van der Waals surface area (Å²) < 4.78 is 10.4. The second-order valence-electron chi connectivity index (χ2n) is 5.93. The third-order valence-electron chi connectivity index (χ3n) is 4.31. The summed E-state index contributed by atoms with van der Waals surface area (Å²) in [5.41, 5.74) is 2.71. The van der Waals surface area contributed by atoms with E-state index in [0.717, 1.165) is 29.9 Å². The lowest BCUT2D eigenvalue weighted by molar-refractivity contribution is 0.0339. The Labute approximate surface area is 140 Å². The minimum Gasteiger partial charge on any atom is -0.462 e. The van der Waals surface area contributed by atoms with Crippen LogP contribution in [0.2, 0.25) is 0 Å². The number of ether oxygens (including phenoxy) is 2. The summed E-state index contributed by atoms with van der Waals surface area (Å²) in [6.45, 7) is 7.59. The molecule has 3 rings (SSSR count). The molecule has 24 heavy (non-hydrogen) atoms. The van der Waals surface area contributed by atoms with Crippen LogP contribution in [0.25, 0.3) is 10.9 Å². The summed E-state index contributed by atoms with van der Waals surface area (Å²) >= 11 is 0. The molecule has 1 aliphatic rings. The Bertz CT molecular complexity index is 807. The van der Waals surface area contributed by atoms with Crippen LogP contribution in [0.1, 0.15) is 28.5 Å². The number of H-pyrrole nitrogens is 1. The van der Waals surface area contributed by atoms with E-state index in [1.807, 2.05) is 6.92 Å². The van der Waals surface area contributed by atoms with Gasteiger partial charge in [-0.15, -0.1) is 0 Å². The molecule has 6 nitrogen and oxygen atoms in total. The number of rotatable bonds is 4. The third-order valence-corrected chi connectivity index (χ3v) is 4.31. The molecule has 1 aromatic heterocycles. The molecular weight excluding hydrogens is 308 g/mol. The Morgan fingerprint density at radius 1 is 1.33 bits per heavy atom. The van der Waals surface area contributed by atoms with Crippen molar-refractivity contribution in [3.63, 3.8) is 0 Å². The molecule has 6 heteroatoms. The Morgan fingerprint density at radius 2 is 2.08 bits per heavy atom. The van der Waals surface area contributed by atoms with Gasteiger partial charge in [-0.3, -0.25) is 9.69 Å². The quantitative estimate of drug-likeness (QED) is 0.866. The SMILES string of the molecule is CCOC(=O)c1ccc2[nH]c(C)c(CN3CCOCC3)c(=O)c2c1. The Hall–Kier alpha value is -2.18. The molecule has 0 saturated carbocycles. The zero-order valence-corrected chi connectivity index (χ0v) is 14.1. The fourth-order valence-corrected chi connectivity index (χ4v) is 2.97. The smallest absolute Gasteiger partial charge is 0.338 e. The molecular formula is C18H22N2O4. The molecule has 2 heterocycles. The van der Waals surface area contributed by atoms with Crippen molar-refractivity contribution in [2.24, 2.45) is 0 Å². The average Bonchev–Trinajstić information content (AvgIpc) is 2.59. The minimum absolute atomic E-state index is 0.0288. The van der Waals surface area contributed by atoms with E-state index >= 15 is 0 Å². The van der Waals surface area contributed by atoms with E-state index in [2.05, 4.69) is 9.88 Å². The first-order valence-electron chi connectivity index (χ1n) is 8.23. The minimum atomic E-state index is -0.408. The van der Waals surface area contributed by atoms with Crippen LogP contribution < -0.4 is 5.43 Å². The van der Waals surface area contributed by atoms with Gasteiger partial charge in [0.1, 0.15) is 0 Å². The van der Waals surface area contributed by atoms with Gasteiger partial charge in [0.2, 0.25) is 0 Å². The van der Waals surface area contributed by atoms with Crippen molar-refractivity contribution in [1.29, 1.82) is 0 Å². The zero-order chi connectivity index (χ0) is 17.1. The summed E-state index contributed by atoms with van der Waals surface area (Å²) in [4.78, 5) is 30.3. The Morgan fingerprint density at radius 3 is 2.79 bits per heavy atom. The van der Waals surface area contributed by atoms with E-state index in [0.29, 0.717) is 37.3 Å². The van der Waals surface area contributed by atoms with Crippen LogP contribution >= 0.6 is 0 Å². The topological polar surface area (TPSA) is 71.6 Å². The Kier molecular flexibility index (Phi) is 4.97. The van der Waals surface area contributed by atoms with Gasteiger partial charge in [0.05, 0.1) is 25.4 Å². The largest absolute Gasteiger partial charge is 0.462 e. The number of nitrogens with one attached hydrogen (secondary N) is 1. The Balaban J connectivity index is 2.00. The van der Waals surface area contributed by atoms with Crippen LogP contribution in [0.4, 0.5) is 0 Å². The molecule has 0 bridgehead atoms. The molecule has 128 valence electrons. The number of benzene rings is 1. The molecule has 1 N–H and O–H groups in total. The fraction of sp³-hybridized carbons (Fsp3) is 0.444. The third kappa shape index (κ3) is 3.34. The number of nitrogens with zero attached hydrogens (tertiary/aromatic N) is 1. The first-order valence-corrected chi connectivity index (χ1v) is 8.23.